The standard InChI is InChI=1S/C9H19O3P.H4Si/c1-2-3-4-5-6-7-8-9-12-13(10)11;/h2-9H2,1H3;1H4/p+1. The second kappa shape index (κ2) is 13.2. The van der Waals surface area contributed by atoms with Crippen molar-refractivity contribution in [2.45, 2.75) is 51.9 Å². The van der Waals surface area contributed by atoms with Crippen molar-refractivity contribution < 1.29 is 14.0 Å². The summed E-state index contributed by atoms with van der Waals surface area (Å²) >= 11 is 0. The van der Waals surface area contributed by atoms with E-state index >= 15 is 0 Å². The predicted molar refractivity (Wildman–Crippen MR) is 65.1 cm³/mol. The summed E-state index contributed by atoms with van der Waals surface area (Å²) in [5.74, 6) is 0. The molecular formula is C9H24O3PSi+. The topological polar surface area (TPSA) is 46.5 Å². The minimum Gasteiger partial charge on any atom is -0.133 e. The maximum Gasteiger partial charge on any atom is 0.694 e. The van der Waals surface area contributed by atoms with Crippen LogP contribution in [-0.4, -0.2) is 22.5 Å². The summed E-state index contributed by atoms with van der Waals surface area (Å²) in [5, 5.41) is 0. The van der Waals surface area contributed by atoms with Crippen LogP contribution in [0.15, 0.2) is 0 Å². The van der Waals surface area contributed by atoms with Crippen molar-refractivity contribution in [1.29, 1.82) is 0 Å². The van der Waals surface area contributed by atoms with Gasteiger partial charge in [-0.05, 0) is 17.4 Å². The van der Waals surface area contributed by atoms with Crippen molar-refractivity contribution in [3.63, 3.8) is 0 Å². The average molecular weight is 239 g/mol. The van der Waals surface area contributed by atoms with E-state index in [2.05, 4.69) is 11.4 Å². The van der Waals surface area contributed by atoms with E-state index < -0.39 is 8.25 Å². The minimum atomic E-state index is -2.38. The molecule has 0 radical (unpaired) electrons. The number of rotatable bonds is 9. The Hall–Kier alpha value is 0.237. The Morgan fingerprint density at radius 3 is 2.07 bits per heavy atom. The molecule has 0 aliphatic rings. The van der Waals surface area contributed by atoms with Gasteiger partial charge in [0.15, 0.2) is 0 Å². The lowest BCUT2D eigenvalue weighted by Gasteiger charge is -1.97. The first-order chi connectivity index (χ1) is 6.27. The smallest absolute Gasteiger partial charge is 0.133 e. The van der Waals surface area contributed by atoms with Gasteiger partial charge in [-0.15, -0.1) is 9.42 Å². The van der Waals surface area contributed by atoms with Crippen LogP contribution in [0.5, 0.6) is 0 Å². The van der Waals surface area contributed by atoms with Crippen LogP contribution in [0.4, 0.5) is 0 Å². The highest BCUT2D eigenvalue weighted by Crippen LogP contribution is 2.15. The zero-order chi connectivity index (χ0) is 9.94. The van der Waals surface area contributed by atoms with Crippen LogP contribution in [0.25, 0.3) is 0 Å². The molecular weight excluding hydrogens is 215 g/mol. The van der Waals surface area contributed by atoms with Gasteiger partial charge in [0.2, 0.25) is 0 Å². The average Bonchev–Trinajstić information content (AvgIpc) is 2.09. The van der Waals surface area contributed by atoms with Gasteiger partial charge < -0.3 is 0 Å². The molecule has 0 aromatic carbocycles. The number of unbranched alkanes of at least 4 members (excludes halogenated alkanes) is 6. The zero-order valence-electron chi connectivity index (χ0n) is 8.37. The molecule has 0 spiro atoms. The molecule has 86 valence electrons. The molecule has 0 rings (SSSR count). The molecule has 0 bridgehead atoms. The molecule has 3 nitrogen and oxygen atoms in total. The molecule has 0 heterocycles. The van der Waals surface area contributed by atoms with E-state index in [0.29, 0.717) is 6.61 Å². The molecule has 0 aromatic heterocycles. The molecule has 1 N–H and O–H groups in total. The van der Waals surface area contributed by atoms with E-state index in [1.807, 2.05) is 0 Å². The van der Waals surface area contributed by atoms with Gasteiger partial charge in [-0.25, -0.2) is 0 Å². The van der Waals surface area contributed by atoms with E-state index in [1.165, 1.54) is 32.1 Å². The second-order valence-corrected chi connectivity index (χ2v) is 3.93. The van der Waals surface area contributed by atoms with Gasteiger partial charge in [0.1, 0.15) is 6.61 Å². The molecule has 5 heteroatoms. The monoisotopic (exact) mass is 239 g/mol. The summed E-state index contributed by atoms with van der Waals surface area (Å²) in [4.78, 5) is 8.31. The van der Waals surface area contributed by atoms with Gasteiger partial charge >= 0.3 is 8.25 Å². The van der Waals surface area contributed by atoms with Gasteiger partial charge in [0, 0.05) is 4.57 Å². The third-order valence-corrected chi connectivity index (χ3v) is 2.35. The Labute approximate surface area is 92.2 Å². The summed E-state index contributed by atoms with van der Waals surface area (Å²) in [6.07, 6.45) is 8.39. The van der Waals surface area contributed by atoms with Crippen LogP contribution in [0.2, 0.25) is 0 Å². The summed E-state index contributed by atoms with van der Waals surface area (Å²) in [7, 11) is -2.38. The van der Waals surface area contributed by atoms with Crippen LogP contribution in [-0.2, 0) is 9.09 Å². The maximum absolute atomic E-state index is 10.1. The van der Waals surface area contributed by atoms with Gasteiger partial charge in [0.05, 0.1) is 0 Å². The number of hydrogen-bond acceptors (Lipinski definition) is 2. The first kappa shape index (κ1) is 16.7. The molecule has 1 unspecified atom stereocenters. The molecule has 0 aliphatic heterocycles. The third-order valence-electron chi connectivity index (χ3n) is 1.95. The van der Waals surface area contributed by atoms with E-state index in [9.17, 15) is 4.57 Å². The van der Waals surface area contributed by atoms with Crippen LogP contribution in [0.1, 0.15) is 51.9 Å². The van der Waals surface area contributed by atoms with E-state index in [-0.39, 0.29) is 11.0 Å². The second-order valence-electron chi connectivity index (χ2n) is 3.19. The normalized spacial score (nSPS) is 10.9. The van der Waals surface area contributed by atoms with Crippen molar-refractivity contribution in [2.75, 3.05) is 6.61 Å². The Morgan fingerprint density at radius 2 is 1.57 bits per heavy atom. The van der Waals surface area contributed by atoms with Crippen molar-refractivity contribution in [3.8, 4) is 0 Å². The van der Waals surface area contributed by atoms with E-state index in [1.54, 1.807) is 0 Å². The van der Waals surface area contributed by atoms with Crippen molar-refractivity contribution in [1.82, 2.24) is 0 Å². The van der Waals surface area contributed by atoms with Crippen molar-refractivity contribution in [2.24, 2.45) is 0 Å². The highest BCUT2D eigenvalue weighted by atomic mass is 31.1. The Morgan fingerprint density at radius 1 is 1.07 bits per heavy atom. The molecule has 0 saturated heterocycles. The highest BCUT2D eigenvalue weighted by molar-refractivity contribution is 7.32. The van der Waals surface area contributed by atoms with E-state index in [4.69, 9.17) is 4.89 Å². The van der Waals surface area contributed by atoms with E-state index in [0.717, 1.165) is 12.8 Å². The molecule has 0 aromatic rings. The van der Waals surface area contributed by atoms with Gasteiger partial charge in [0.25, 0.3) is 0 Å². The number of hydrogen-bond donors (Lipinski definition) is 1. The fourth-order valence-electron chi connectivity index (χ4n) is 1.20. The molecule has 14 heavy (non-hydrogen) atoms. The molecule has 1 atom stereocenters. The predicted octanol–water partition coefficient (Wildman–Crippen LogP) is 1.95. The quantitative estimate of drug-likeness (QED) is 0.380. The summed E-state index contributed by atoms with van der Waals surface area (Å²) in [6.45, 7) is 2.62. The summed E-state index contributed by atoms with van der Waals surface area (Å²) in [6, 6.07) is 0. The summed E-state index contributed by atoms with van der Waals surface area (Å²) in [5.41, 5.74) is 0. The fraction of sp³-hybridized carbons (Fsp3) is 1.00. The molecule has 0 saturated carbocycles. The zero-order valence-corrected chi connectivity index (χ0v) is 9.26. The summed E-state index contributed by atoms with van der Waals surface area (Å²) < 4.78 is 14.6. The lowest BCUT2D eigenvalue weighted by molar-refractivity contribution is 0.273. The largest absolute Gasteiger partial charge is 0.694 e. The van der Waals surface area contributed by atoms with Crippen LogP contribution in [0.3, 0.4) is 0 Å². The van der Waals surface area contributed by atoms with Gasteiger partial charge in [-0.1, -0.05) is 45.4 Å². The molecule has 0 amide bonds. The van der Waals surface area contributed by atoms with Crippen LogP contribution in [0, 0.1) is 0 Å². The first-order valence-electron chi connectivity index (χ1n) is 5.06. The lowest BCUT2D eigenvalue weighted by Crippen LogP contribution is -1.87. The SMILES string of the molecule is CCCCCCCCCO[P+](=O)O.[SiH4]. The van der Waals surface area contributed by atoms with Gasteiger partial charge in [-0.3, -0.25) is 0 Å². The van der Waals surface area contributed by atoms with Crippen LogP contribution >= 0.6 is 8.25 Å². The fourth-order valence-corrected chi connectivity index (χ4v) is 1.49. The van der Waals surface area contributed by atoms with Gasteiger partial charge in [-0.2, -0.15) is 0 Å². The Balaban J connectivity index is 0. The Kier molecular flexibility index (Phi) is 15.8. The van der Waals surface area contributed by atoms with Crippen molar-refractivity contribution >= 4 is 19.2 Å². The maximum atomic E-state index is 10.1. The minimum absolute atomic E-state index is 0. The Bertz CT molecular complexity index is 133. The lowest BCUT2D eigenvalue weighted by atomic mass is 10.1. The third kappa shape index (κ3) is 14.7. The van der Waals surface area contributed by atoms with Crippen molar-refractivity contribution in [3.05, 3.63) is 0 Å². The molecule has 0 aliphatic carbocycles. The highest BCUT2D eigenvalue weighted by Gasteiger charge is 2.09. The first-order valence-corrected chi connectivity index (χ1v) is 6.19. The molecule has 0 fully saturated rings. The van der Waals surface area contributed by atoms with Crippen LogP contribution < -0.4 is 0 Å².